The molecule has 0 spiro atoms. The lowest BCUT2D eigenvalue weighted by Crippen LogP contribution is -2.27. The Labute approximate surface area is 159 Å². The zero-order chi connectivity index (χ0) is 19.0. The molecular formula is C23H37NO2. The van der Waals surface area contributed by atoms with Crippen LogP contribution in [0.3, 0.4) is 0 Å². The average molecular weight is 360 g/mol. The number of nitrogens with one attached hydrogen (secondary N) is 1. The van der Waals surface area contributed by atoms with Crippen LogP contribution in [0.25, 0.3) is 0 Å². The van der Waals surface area contributed by atoms with Crippen LogP contribution in [0.2, 0.25) is 0 Å². The van der Waals surface area contributed by atoms with Gasteiger partial charge in [0.1, 0.15) is 0 Å². The van der Waals surface area contributed by atoms with E-state index in [4.69, 9.17) is 4.74 Å². The van der Waals surface area contributed by atoms with Crippen LogP contribution in [-0.2, 0) is 11.2 Å². The van der Waals surface area contributed by atoms with Crippen LogP contribution in [0, 0.1) is 5.41 Å². The summed E-state index contributed by atoms with van der Waals surface area (Å²) < 4.78 is 6.16. The van der Waals surface area contributed by atoms with Crippen LogP contribution >= 0.6 is 0 Å². The van der Waals surface area contributed by atoms with E-state index < -0.39 is 0 Å². The molecule has 0 heterocycles. The Bertz CT molecular complexity index is 574. The summed E-state index contributed by atoms with van der Waals surface area (Å²) in [5, 5.41) is 3.06. The molecule has 0 saturated carbocycles. The maximum Gasteiger partial charge on any atom is 0.251 e. The summed E-state index contributed by atoms with van der Waals surface area (Å²) in [4.78, 5) is 12.4. The fourth-order valence-electron chi connectivity index (χ4n) is 3.49. The van der Waals surface area contributed by atoms with Gasteiger partial charge in [-0.1, -0.05) is 53.0 Å². The quantitative estimate of drug-likeness (QED) is 0.564. The van der Waals surface area contributed by atoms with E-state index in [2.05, 4.69) is 45.1 Å². The highest BCUT2D eigenvalue weighted by atomic mass is 16.5. The van der Waals surface area contributed by atoms with Crippen molar-refractivity contribution in [3.63, 3.8) is 0 Å². The standard InChI is InChI=1S/C23H37NO2/c1-5-6-7-8-16-26-21-11-9-10-18-17-19(12-13-20(18)21)22(25)24-15-14-23(2,3)4/h12-13,17,21H,5-11,14-16H2,1-4H3,(H,24,25). The summed E-state index contributed by atoms with van der Waals surface area (Å²) in [5.41, 5.74) is 3.60. The van der Waals surface area contributed by atoms with Gasteiger partial charge < -0.3 is 10.1 Å². The van der Waals surface area contributed by atoms with Gasteiger partial charge >= 0.3 is 0 Å². The fourth-order valence-corrected chi connectivity index (χ4v) is 3.49. The van der Waals surface area contributed by atoms with Crippen molar-refractivity contribution in [2.45, 2.75) is 85.2 Å². The van der Waals surface area contributed by atoms with Gasteiger partial charge in [0.25, 0.3) is 5.91 Å². The van der Waals surface area contributed by atoms with Crippen molar-refractivity contribution in [2.75, 3.05) is 13.2 Å². The first-order valence-corrected chi connectivity index (χ1v) is 10.4. The van der Waals surface area contributed by atoms with Gasteiger partial charge in [0.2, 0.25) is 0 Å². The van der Waals surface area contributed by atoms with Crippen molar-refractivity contribution >= 4 is 5.91 Å². The van der Waals surface area contributed by atoms with Crippen molar-refractivity contribution in [2.24, 2.45) is 5.41 Å². The van der Waals surface area contributed by atoms with Crippen LogP contribution in [0.15, 0.2) is 18.2 Å². The minimum atomic E-state index is 0.0413. The normalized spacial score (nSPS) is 17.0. The van der Waals surface area contributed by atoms with Crippen LogP contribution in [0.5, 0.6) is 0 Å². The lowest BCUT2D eigenvalue weighted by Gasteiger charge is -2.26. The third-order valence-corrected chi connectivity index (χ3v) is 5.14. The number of aryl methyl sites for hydroxylation is 1. The number of unbranched alkanes of at least 4 members (excludes halogenated alkanes) is 3. The van der Waals surface area contributed by atoms with E-state index in [0.717, 1.165) is 50.8 Å². The molecular weight excluding hydrogens is 322 g/mol. The number of ether oxygens (including phenoxy) is 1. The number of rotatable bonds is 9. The number of hydrogen-bond acceptors (Lipinski definition) is 2. The summed E-state index contributed by atoms with van der Waals surface area (Å²) in [5.74, 6) is 0.0413. The molecule has 2 rings (SSSR count). The molecule has 3 heteroatoms. The molecule has 0 bridgehead atoms. The Morgan fingerprint density at radius 2 is 2.04 bits per heavy atom. The van der Waals surface area contributed by atoms with Crippen molar-refractivity contribution in [3.05, 3.63) is 34.9 Å². The summed E-state index contributed by atoms with van der Waals surface area (Å²) in [6, 6.07) is 6.16. The SMILES string of the molecule is CCCCCCOC1CCCc2cc(C(=O)NCCC(C)(C)C)ccc21. The number of hydrogen-bond donors (Lipinski definition) is 1. The van der Waals surface area contributed by atoms with Gasteiger partial charge in [0, 0.05) is 18.7 Å². The smallest absolute Gasteiger partial charge is 0.251 e. The molecule has 0 radical (unpaired) electrons. The first kappa shape index (κ1) is 21.0. The molecule has 1 aromatic carbocycles. The van der Waals surface area contributed by atoms with E-state index in [1.165, 1.54) is 30.4 Å². The number of carbonyl (C=O) groups is 1. The van der Waals surface area contributed by atoms with Crippen LogP contribution in [0.1, 0.15) is 100 Å². The third kappa shape index (κ3) is 6.75. The molecule has 1 aliphatic carbocycles. The van der Waals surface area contributed by atoms with Crippen LogP contribution in [0.4, 0.5) is 0 Å². The molecule has 146 valence electrons. The Hall–Kier alpha value is -1.35. The number of amides is 1. The molecule has 3 nitrogen and oxygen atoms in total. The molecule has 1 N–H and O–H groups in total. The van der Waals surface area contributed by atoms with Gasteiger partial charge in [-0.25, -0.2) is 0 Å². The monoisotopic (exact) mass is 359 g/mol. The molecule has 1 aliphatic rings. The summed E-state index contributed by atoms with van der Waals surface area (Å²) in [7, 11) is 0. The minimum absolute atomic E-state index is 0.0413. The van der Waals surface area contributed by atoms with E-state index in [-0.39, 0.29) is 17.4 Å². The Morgan fingerprint density at radius 1 is 1.23 bits per heavy atom. The topological polar surface area (TPSA) is 38.3 Å². The Balaban J connectivity index is 1.91. The molecule has 1 amide bonds. The second kappa shape index (κ2) is 10.1. The average Bonchev–Trinajstić information content (AvgIpc) is 2.60. The highest BCUT2D eigenvalue weighted by Crippen LogP contribution is 2.33. The van der Waals surface area contributed by atoms with Crippen molar-refractivity contribution in [1.82, 2.24) is 5.32 Å². The van der Waals surface area contributed by atoms with E-state index in [1.54, 1.807) is 0 Å². The molecule has 0 saturated heterocycles. The zero-order valence-corrected chi connectivity index (χ0v) is 17.2. The van der Waals surface area contributed by atoms with Crippen LogP contribution in [-0.4, -0.2) is 19.1 Å². The summed E-state index contributed by atoms with van der Waals surface area (Å²) in [6.07, 6.45) is 9.42. The van der Waals surface area contributed by atoms with Crippen molar-refractivity contribution < 1.29 is 9.53 Å². The highest BCUT2D eigenvalue weighted by molar-refractivity contribution is 5.94. The van der Waals surface area contributed by atoms with Crippen LogP contribution < -0.4 is 5.32 Å². The predicted octanol–water partition coefficient (Wildman–Crippen LogP) is 5.83. The van der Waals surface area contributed by atoms with Crippen molar-refractivity contribution in [3.8, 4) is 0 Å². The van der Waals surface area contributed by atoms with E-state index in [9.17, 15) is 4.79 Å². The number of benzene rings is 1. The van der Waals surface area contributed by atoms with E-state index in [0.29, 0.717) is 0 Å². The van der Waals surface area contributed by atoms with Gasteiger partial charge in [-0.05, 0) is 60.8 Å². The molecule has 0 fully saturated rings. The lowest BCUT2D eigenvalue weighted by atomic mass is 9.88. The second-order valence-corrected chi connectivity index (χ2v) is 8.79. The summed E-state index contributed by atoms with van der Waals surface area (Å²) >= 11 is 0. The molecule has 0 aromatic heterocycles. The minimum Gasteiger partial charge on any atom is -0.374 e. The summed E-state index contributed by atoms with van der Waals surface area (Å²) in [6.45, 7) is 10.4. The maximum atomic E-state index is 12.4. The number of fused-ring (bicyclic) bond motifs is 1. The van der Waals surface area contributed by atoms with Gasteiger partial charge in [-0.2, -0.15) is 0 Å². The van der Waals surface area contributed by atoms with Crippen molar-refractivity contribution in [1.29, 1.82) is 0 Å². The van der Waals surface area contributed by atoms with E-state index in [1.807, 2.05) is 6.07 Å². The molecule has 0 aliphatic heterocycles. The molecule has 26 heavy (non-hydrogen) atoms. The van der Waals surface area contributed by atoms with Gasteiger partial charge in [0.05, 0.1) is 6.10 Å². The van der Waals surface area contributed by atoms with E-state index >= 15 is 0 Å². The van der Waals surface area contributed by atoms with Gasteiger partial charge in [-0.3, -0.25) is 4.79 Å². The first-order chi connectivity index (χ1) is 12.4. The Kier molecular flexibility index (Phi) is 8.15. The zero-order valence-electron chi connectivity index (χ0n) is 17.2. The van der Waals surface area contributed by atoms with Gasteiger partial charge in [-0.15, -0.1) is 0 Å². The lowest BCUT2D eigenvalue weighted by molar-refractivity contribution is 0.0382. The molecule has 1 unspecified atom stereocenters. The molecule has 1 aromatic rings. The molecule has 1 atom stereocenters. The first-order valence-electron chi connectivity index (χ1n) is 10.4. The third-order valence-electron chi connectivity index (χ3n) is 5.14. The predicted molar refractivity (Wildman–Crippen MR) is 109 cm³/mol. The fraction of sp³-hybridized carbons (Fsp3) is 0.696. The second-order valence-electron chi connectivity index (χ2n) is 8.79. The number of carbonyl (C=O) groups excluding carboxylic acids is 1. The largest absolute Gasteiger partial charge is 0.374 e. The highest BCUT2D eigenvalue weighted by Gasteiger charge is 2.22. The maximum absolute atomic E-state index is 12.4. The Morgan fingerprint density at radius 3 is 2.77 bits per heavy atom. The van der Waals surface area contributed by atoms with Gasteiger partial charge in [0.15, 0.2) is 0 Å².